The van der Waals surface area contributed by atoms with Gasteiger partial charge in [0.25, 0.3) is 0 Å². The molecule has 27 nitrogen and oxygen atoms in total. The highest BCUT2D eigenvalue weighted by Gasteiger charge is 2.61. The topological polar surface area (TPSA) is 409 Å². The maximum absolute atomic E-state index is 12.4. The molecule has 6 heterocycles. The number of amides is 7. The molecule has 12 fully saturated rings. The van der Waals surface area contributed by atoms with Crippen molar-refractivity contribution in [2.45, 2.75) is 290 Å². The number of aliphatic hydroxyl groups excluding tert-OH is 7. The number of hydrogen-bond donors (Lipinski definition) is 9. The van der Waals surface area contributed by atoms with Gasteiger partial charge in [0.15, 0.2) is 23.1 Å². The summed E-state index contributed by atoms with van der Waals surface area (Å²) in [7, 11) is 0. The van der Waals surface area contributed by atoms with Gasteiger partial charge in [-0.1, -0.05) is 13.8 Å². The zero-order valence-electron chi connectivity index (χ0n) is 63.0. The highest BCUT2D eigenvalue weighted by atomic mass is 32.1. The van der Waals surface area contributed by atoms with Crippen LogP contribution in [0.3, 0.4) is 0 Å². The van der Waals surface area contributed by atoms with Gasteiger partial charge in [-0.3, -0.25) is 57.5 Å². The number of primary amides is 1. The summed E-state index contributed by atoms with van der Waals surface area (Å²) in [5, 5.41) is 65.7. The predicted octanol–water partition coefficient (Wildman–Crippen LogP) is 2.99. The van der Waals surface area contributed by atoms with Gasteiger partial charge in [0, 0.05) is 51.4 Å². The van der Waals surface area contributed by atoms with Crippen molar-refractivity contribution in [3.05, 3.63) is 0 Å². The number of carbonyl (C=O) groups excluding carboxylic acids is 13. The van der Waals surface area contributed by atoms with Crippen molar-refractivity contribution >= 4 is 88.7 Å². The molecule has 7 amide bonds. The Balaban J connectivity index is 0.000000175. The zero-order valence-corrected chi connectivity index (χ0v) is 63.9. The number of likely N-dealkylation sites (tertiary alicyclic amines) is 6. The summed E-state index contributed by atoms with van der Waals surface area (Å²) < 4.78 is 0. The Bertz CT molecular complexity index is 2980. The molecule has 6 saturated carbocycles. The van der Waals surface area contributed by atoms with Crippen LogP contribution in [-0.2, 0) is 62.3 Å². The van der Waals surface area contributed by atoms with E-state index in [0.717, 1.165) is 89.9 Å². The van der Waals surface area contributed by atoms with Crippen LogP contribution in [0.1, 0.15) is 229 Å². The molecule has 0 bridgehead atoms. The molecule has 0 aromatic carbocycles. The fourth-order valence-corrected chi connectivity index (χ4v) is 18.7. The molecule has 6 saturated heterocycles. The van der Waals surface area contributed by atoms with E-state index in [1.165, 1.54) is 51.3 Å². The second-order valence-electron chi connectivity index (χ2n) is 33.4. The van der Waals surface area contributed by atoms with Crippen molar-refractivity contribution in [2.24, 2.45) is 50.1 Å². The quantitative estimate of drug-likeness (QED) is 0.0663. The molecule has 0 radical (unpaired) electrons. The Morgan fingerprint density at radius 1 is 0.413 bits per heavy atom. The van der Waals surface area contributed by atoms with E-state index >= 15 is 0 Å². The zero-order chi connectivity index (χ0) is 77.4. The normalized spacial score (nSPS) is 34.2. The highest BCUT2D eigenvalue weighted by Crippen LogP contribution is 2.52. The van der Waals surface area contributed by atoms with Gasteiger partial charge >= 0.3 is 0 Å². The summed E-state index contributed by atoms with van der Waals surface area (Å²) in [4.78, 5) is 161. The van der Waals surface area contributed by atoms with E-state index in [-0.39, 0.29) is 154 Å². The summed E-state index contributed by atoms with van der Waals surface area (Å²) in [5.41, 5.74) is 3.67. The minimum Gasteiger partial charge on any atom is -0.394 e. The number of carbonyl (C=O) groups is 13. The van der Waals surface area contributed by atoms with Crippen LogP contribution in [0.5, 0.6) is 0 Å². The number of aliphatic hydroxyl groups is 7. The molecule has 6 atom stereocenters. The number of hydrogen-bond acceptors (Lipinski definition) is 21. The molecule has 0 aromatic rings. The Kier molecular flexibility index (Phi) is 29.3. The first-order valence-corrected chi connectivity index (χ1v) is 38.8. The van der Waals surface area contributed by atoms with Crippen LogP contribution < -0.4 is 5.73 Å². The van der Waals surface area contributed by atoms with Gasteiger partial charge in [0.2, 0.25) is 41.4 Å². The predicted molar refractivity (Wildman–Crippen MR) is 384 cm³/mol. The molecule has 0 aromatic heterocycles. The Hall–Kier alpha value is -5.62. The molecule has 28 heteroatoms. The molecule has 6 aliphatic heterocycles. The Labute approximate surface area is 618 Å². The number of nitrogens with two attached hydrogens (primary N) is 1. The fourth-order valence-electron chi connectivity index (χ4n) is 18.2. The number of rotatable bonds is 19. The lowest BCUT2D eigenvalue weighted by Gasteiger charge is -2.54. The molecule has 12 rings (SSSR count). The van der Waals surface area contributed by atoms with E-state index in [0.29, 0.717) is 127 Å². The molecule has 12 aliphatic rings. The number of nitrogens with zero attached hydrogens (tertiary/aromatic N) is 6. The van der Waals surface area contributed by atoms with Crippen molar-refractivity contribution in [3.63, 3.8) is 0 Å². The average molecular weight is 1480 g/mol. The van der Waals surface area contributed by atoms with E-state index in [1.807, 2.05) is 0 Å². The fraction of sp³-hybridized carbons (Fsp3) is 0.829. The van der Waals surface area contributed by atoms with Crippen molar-refractivity contribution in [1.82, 2.24) is 29.4 Å². The lowest BCUT2D eigenvalue weighted by Crippen LogP contribution is -2.68. The minimum atomic E-state index is -0.786. The monoisotopic (exact) mass is 1480 g/mol. The van der Waals surface area contributed by atoms with E-state index in [2.05, 4.69) is 26.5 Å². The molecular weight excluding hydrogens is 1360 g/mol. The number of Topliss-reactive ketones (excluding diaryl/α,β-unsaturated/α-hetero) is 6. The first-order valence-electron chi connectivity index (χ1n) is 38.1. The van der Waals surface area contributed by atoms with Crippen molar-refractivity contribution in [2.75, 3.05) is 64.8 Å². The van der Waals surface area contributed by atoms with Gasteiger partial charge in [-0.15, -0.1) is 0 Å². The van der Waals surface area contributed by atoms with E-state index < -0.39 is 41.6 Å². The molecule has 5 unspecified atom stereocenters. The Morgan fingerprint density at radius 3 is 0.904 bits per heavy atom. The molecular formula is C76H121N7O20S. The van der Waals surface area contributed by atoms with Crippen LogP contribution in [0.2, 0.25) is 0 Å². The molecule has 9 N–H and O–H groups in total. The lowest BCUT2D eigenvalue weighted by atomic mass is 9.65. The standard InChI is InChI=1S/C14H22N2O4.C14H23NO3.C13H21NO3.C12H19NO4.C12H19NO3S.C11H17NO3/c1-9(17)2-3-11(12(15)19)16-8-14(13(16)20)6-4-10(18)5-7-14;1-9-4-6-14(7-5-9)8-15(13(14)18)12(10(2)16)11(3)17;1-9-3-5-13(6-4-9)8-14(12(13)17)11(7-15)10(2)16;1-8(15)10(6-14)13-7-12(11(13)17)4-2-9(16)3-5-12;1-8(14)10(6-17)13-7-12(11(13)16)4-2-9(15)3-5-12;1-8(13)6-12-7-11(10(12)15)4-2-9(14)3-5-11/h10-11,18H,2-8H2,1H3,(H2,15,19);9-10,12,16H,4-8H2,1-3H3;9,11,15H,3-8H2,1-2H3;9-10,14,16H,2-7H2,1H3;9-10,15,17H,2-7H2,1H3;9,14H,2-7H2,1H3/t;9?,10-,12?,14?;;;;/m.1..../s1. The summed E-state index contributed by atoms with van der Waals surface area (Å²) in [6.07, 6.45) is 18.0. The molecule has 6 spiro atoms. The number of thiol groups is 1. The van der Waals surface area contributed by atoms with Gasteiger partial charge in [0.1, 0.15) is 35.7 Å². The van der Waals surface area contributed by atoms with Gasteiger partial charge < -0.3 is 75.7 Å². The first-order chi connectivity index (χ1) is 48.8. The molecule has 586 valence electrons. The summed E-state index contributed by atoms with van der Waals surface area (Å²) >= 11 is 4.13. The van der Waals surface area contributed by atoms with E-state index in [9.17, 15) is 87.9 Å². The van der Waals surface area contributed by atoms with Gasteiger partial charge in [-0.2, -0.15) is 12.6 Å². The number of β-lactam (4-membered cyclic amide) rings is 6. The Morgan fingerprint density at radius 2 is 0.683 bits per heavy atom. The second-order valence-corrected chi connectivity index (χ2v) is 33.7. The minimum absolute atomic E-state index is 0.000885. The largest absolute Gasteiger partial charge is 0.394 e. The lowest BCUT2D eigenvalue weighted by molar-refractivity contribution is -0.175. The van der Waals surface area contributed by atoms with Crippen LogP contribution in [0.4, 0.5) is 0 Å². The maximum Gasteiger partial charge on any atom is 0.240 e. The third-order valence-electron chi connectivity index (χ3n) is 25.4. The van der Waals surface area contributed by atoms with Crippen LogP contribution in [0.15, 0.2) is 0 Å². The van der Waals surface area contributed by atoms with E-state index in [4.69, 9.17) is 15.9 Å². The summed E-state index contributed by atoms with van der Waals surface area (Å²) in [6, 6.07) is -3.00. The summed E-state index contributed by atoms with van der Waals surface area (Å²) in [5.74, 6) is 1.14. The smallest absolute Gasteiger partial charge is 0.240 e. The van der Waals surface area contributed by atoms with Crippen LogP contribution in [0, 0.1) is 44.3 Å². The molecule has 104 heavy (non-hydrogen) atoms. The van der Waals surface area contributed by atoms with Gasteiger partial charge in [-0.25, -0.2) is 0 Å². The number of ketones is 6. The maximum atomic E-state index is 12.4. The summed E-state index contributed by atoms with van der Waals surface area (Å²) in [6.45, 7) is 18.2. The highest BCUT2D eigenvalue weighted by molar-refractivity contribution is 7.80. The molecule has 6 aliphatic carbocycles. The van der Waals surface area contributed by atoms with E-state index in [1.54, 1.807) is 26.5 Å². The second kappa shape index (κ2) is 35.6. The average Bonchev–Trinajstić information content (AvgIpc) is 0.716. The van der Waals surface area contributed by atoms with Crippen molar-refractivity contribution in [1.29, 1.82) is 0 Å². The van der Waals surface area contributed by atoms with Gasteiger partial charge in [-0.05, 0) is 221 Å². The first kappa shape index (κ1) is 85.6. The van der Waals surface area contributed by atoms with Crippen molar-refractivity contribution in [3.8, 4) is 0 Å². The van der Waals surface area contributed by atoms with Crippen molar-refractivity contribution < 1.29 is 98.1 Å². The van der Waals surface area contributed by atoms with Crippen LogP contribution in [-0.4, -0.2) is 267 Å². The third-order valence-corrected chi connectivity index (χ3v) is 25.8. The van der Waals surface area contributed by atoms with Gasteiger partial charge in [0.05, 0.1) is 88.8 Å². The van der Waals surface area contributed by atoms with Crippen LogP contribution >= 0.6 is 12.6 Å². The SMILES string of the molecule is CC(=O)C(CO)N1CC2(CCC(C)CC2)C1=O.CC(=O)C(CO)N1CC2(CCC(O)CC2)C1=O.CC(=O)C(CS)N1CC2(CCC(O)CC2)C1=O.CC(=O)C([C@@H](C)O)N1CC2(CCC(C)CC2)C1=O.CC(=O)CCC(C(N)=O)N1CC2(CCC(O)CC2)C1=O.CC(=O)CN1CC2(CCC(O)CC2)C1=O. The van der Waals surface area contributed by atoms with Crippen LogP contribution in [0.25, 0.3) is 0 Å². The third kappa shape index (κ3) is 18.9.